The fourth-order valence-electron chi connectivity index (χ4n) is 1.24. The number of carbonyl (C=O) groups excluding carboxylic acids is 1. The number of carbonyl (C=O) groups is 1. The van der Waals surface area contributed by atoms with Crippen molar-refractivity contribution in [2.45, 2.75) is 18.1 Å². The normalized spacial score (nSPS) is 10.4. The molecule has 0 fully saturated rings. The van der Waals surface area contributed by atoms with E-state index in [4.69, 9.17) is 4.74 Å². The van der Waals surface area contributed by atoms with Crippen LogP contribution in [0, 0.1) is 0 Å². The van der Waals surface area contributed by atoms with Gasteiger partial charge in [-0.05, 0) is 0 Å². The highest BCUT2D eigenvalue weighted by atomic mass is 32.2. The molecular formula is C12H19N3O3S. The van der Waals surface area contributed by atoms with Crippen LogP contribution >= 0.6 is 11.8 Å². The second kappa shape index (κ2) is 9.71. The summed E-state index contributed by atoms with van der Waals surface area (Å²) in [5.41, 5.74) is 1.02. The van der Waals surface area contributed by atoms with E-state index in [1.165, 1.54) is 18.9 Å². The van der Waals surface area contributed by atoms with Crippen molar-refractivity contribution in [2.75, 3.05) is 33.1 Å². The zero-order chi connectivity index (χ0) is 13.9. The molecule has 1 aromatic heterocycles. The van der Waals surface area contributed by atoms with E-state index < -0.39 is 0 Å². The van der Waals surface area contributed by atoms with E-state index in [0.717, 1.165) is 18.7 Å². The average molecular weight is 285 g/mol. The summed E-state index contributed by atoms with van der Waals surface area (Å²) in [7, 11) is 3.06. The van der Waals surface area contributed by atoms with Crippen molar-refractivity contribution in [3.63, 3.8) is 0 Å². The van der Waals surface area contributed by atoms with E-state index in [0.29, 0.717) is 23.9 Å². The molecule has 0 bridgehead atoms. The maximum atomic E-state index is 10.9. The molecule has 1 aromatic rings. The quantitative estimate of drug-likeness (QED) is 0.312. The maximum Gasteiger partial charge on any atom is 0.306 e. The number of nitrogens with one attached hydrogen (secondary N) is 1. The molecule has 19 heavy (non-hydrogen) atoms. The molecule has 0 radical (unpaired) electrons. The first-order valence-electron chi connectivity index (χ1n) is 5.96. The lowest BCUT2D eigenvalue weighted by molar-refractivity contribution is -0.140. The monoisotopic (exact) mass is 285 g/mol. The molecule has 1 rings (SSSR count). The molecule has 1 heterocycles. The first-order valence-corrected chi connectivity index (χ1v) is 6.95. The molecule has 0 aliphatic heterocycles. The molecule has 1 N–H and O–H groups in total. The van der Waals surface area contributed by atoms with Gasteiger partial charge in [0, 0.05) is 43.9 Å². The minimum absolute atomic E-state index is 0.216. The van der Waals surface area contributed by atoms with Crippen molar-refractivity contribution in [2.24, 2.45) is 0 Å². The van der Waals surface area contributed by atoms with Crippen molar-refractivity contribution >= 4 is 17.7 Å². The average Bonchev–Trinajstić information content (AvgIpc) is 2.45. The van der Waals surface area contributed by atoms with Gasteiger partial charge in [0.25, 0.3) is 0 Å². The molecular weight excluding hydrogens is 266 g/mol. The van der Waals surface area contributed by atoms with Gasteiger partial charge in [0.2, 0.25) is 0 Å². The van der Waals surface area contributed by atoms with Crippen LogP contribution in [0.1, 0.15) is 12.0 Å². The topological polar surface area (TPSA) is 73.3 Å². The minimum atomic E-state index is -0.216. The fourth-order valence-corrected chi connectivity index (χ4v) is 1.95. The van der Waals surface area contributed by atoms with E-state index in [1.807, 2.05) is 0 Å². The predicted octanol–water partition coefficient (Wildman–Crippen LogP) is 0.868. The molecule has 106 valence electrons. The molecule has 0 saturated carbocycles. The van der Waals surface area contributed by atoms with Crippen LogP contribution in [0.25, 0.3) is 0 Å². The Labute approximate surface area is 117 Å². The summed E-state index contributed by atoms with van der Waals surface area (Å²) in [5, 5.41) is 3.89. The van der Waals surface area contributed by atoms with Gasteiger partial charge in [-0.2, -0.15) is 0 Å². The molecule has 0 spiro atoms. The standard InChI is InChI=1S/C12H19N3O3S/c1-17-5-4-13-7-10-8-14-12(15-9-10)19-6-3-11(16)18-2/h8-9,13H,3-7H2,1-2H3. The lowest BCUT2D eigenvalue weighted by Gasteiger charge is -2.04. The Bertz CT molecular complexity index is 373. The maximum absolute atomic E-state index is 10.9. The number of hydrogen-bond acceptors (Lipinski definition) is 7. The van der Waals surface area contributed by atoms with Crippen LogP contribution < -0.4 is 5.32 Å². The van der Waals surface area contributed by atoms with E-state index in [2.05, 4.69) is 20.0 Å². The molecule has 0 aromatic carbocycles. The van der Waals surface area contributed by atoms with Gasteiger partial charge in [-0.15, -0.1) is 0 Å². The van der Waals surface area contributed by atoms with Crippen LogP contribution in [0.2, 0.25) is 0 Å². The highest BCUT2D eigenvalue weighted by Crippen LogP contribution is 2.13. The highest BCUT2D eigenvalue weighted by molar-refractivity contribution is 7.99. The van der Waals surface area contributed by atoms with Crippen molar-refractivity contribution in [1.29, 1.82) is 0 Å². The summed E-state index contributed by atoms with van der Waals surface area (Å²) < 4.78 is 9.50. The fraction of sp³-hybridized carbons (Fsp3) is 0.583. The number of hydrogen-bond donors (Lipinski definition) is 1. The Balaban J connectivity index is 2.25. The molecule has 7 heteroatoms. The van der Waals surface area contributed by atoms with Gasteiger partial charge < -0.3 is 14.8 Å². The first-order chi connectivity index (χ1) is 9.26. The van der Waals surface area contributed by atoms with Crippen molar-refractivity contribution in [1.82, 2.24) is 15.3 Å². The second-order valence-electron chi connectivity index (χ2n) is 3.72. The Morgan fingerprint density at radius 3 is 2.74 bits per heavy atom. The van der Waals surface area contributed by atoms with Crippen LogP contribution in [0.3, 0.4) is 0 Å². The number of methoxy groups -OCH3 is 2. The summed E-state index contributed by atoms with van der Waals surface area (Å²) in [6, 6.07) is 0. The van der Waals surface area contributed by atoms with Gasteiger partial charge in [-0.1, -0.05) is 11.8 Å². The van der Waals surface area contributed by atoms with Crippen molar-refractivity contribution < 1.29 is 14.3 Å². The van der Waals surface area contributed by atoms with Crippen LogP contribution in [-0.4, -0.2) is 49.1 Å². The van der Waals surface area contributed by atoms with E-state index in [-0.39, 0.29) is 5.97 Å². The molecule has 0 aliphatic carbocycles. The third kappa shape index (κ3) is 7.09. The smallest absolute Gasteiger partial charge is 0.306 e. The van der Waals surface area contributed by atoms with Gasteiger partial charge in [-0.3, -0.25) is 4.79 Å². The Morgan fingerprint density at radius 1 is 1.37 bits per heavy atom. The SMILES string of the molecule is COCCNCc1cnc(SCCC(=O)OC)nc1. The number of thioether (sulfide) groups is 1. The van der Waals surface area contributed by atoms with Crippen LogP contribution in [0.4, 0.5) is 0 Å². The summed E-state index contributed by atoms with van der Waals surface area (Å²) in [4.78, 5) is 19.4. The number of rotatable bonds is 9. The number of ether oxygens (including phenoxy) is 2. The molecule has 6 nitrogen and oxygen atoms in total. The summed E-state index contributed by atoms with van der Waals surface area (Å²) >= 11 is 1.44. The molecule has 0 atom stereocenters. The third-order valence-electron chi connectivity index (χ3n) is 2.26. The van der Waals surface area contributed by atoms with Crippen LogP contribution in [0.15, 0.2) is 17.6 Å². The van der Waals surface area contributed by atoms with E-state index in [9.17, 15) is 4.79 Å². The lowest BCUT2D eigenvalue weighted by atomic mass is 10.3. The zero-order valence-electron chi connectivity index (χ0n) is 11.2. The Hall–Kier alpha value is -1.18. The Kier molecular flexibility index (Phi) is 8.11. The van der Waals surface area contributed by atoms with Gasteiger partial charge in [0.1, 0.15) is 0 Å². The number of esters is 1. The lowest BCUT2D eigenvalue weighted by Crippen LogP contribution is -2.18. The van der Waals surface area contributed by atoms with E-state index >= 15 is 0 Å². The van der Waals surface area contributed by atoms with Gasteiger partial charge in [0.15, 0.2) is 5.16 Å². The summed E-state index contributed by atoms with van der Waals surface area (Å²) in [5.74, 6) is 0.407. The van der Waals surface area contributed by atoms with E-state index in [1.54, 1.807) is 19.5 Å². The first kappa shape index (κ1) is 15.9. The number of nitrogens with zero attached hydrogens (tertiary/aromatic N) is 2. The molecule has 0 aliphatic rings. The summed E-state index contributed by atoms with van der Waals surface area (Å²) in [6.45, 7) is 2.20. The van der Waals surface area contributed by atoms with Gasteiger partial charge in [-0.25, -0.2) is 9.97 Å². The van der Waals surface area contributed by atoms with Crippen molar-refractivity contribution in [3.05, 3.63) is 18.0 Å². The predicted molar refractivity (Wildman–Crippen MR) is 73.0 cm³/mol. The van der Waals surface area contributed by atoms with Gasteiger partial charge in [0.05, 0.1) is 20.1 Å². The van der Waals surface area contributed by atoms with Crippen LogP contribution in [-0.2, 0) is 20.8 Å². The third-order valence-corrected chi connectivity index (χ3v) is 3.14. The molecule has 0 amide bonds. The Morgan fingerprint density at radius 2 is 2.11 bits per heavy atom. The second-order valence-corrected chi connectivity index (χ2v) is 4.78. The number of aromatic nitrogens is 2. The molecule has 0 unspecified atom stereocenters. The highest BCUT2D eigenvalue weighted by Gasteiger charge is 2.03. The van der Waals surface area contributed by atoms with Crippen molar-refractivity contribution in [3.8, 4) is 0 Å². The molecule has 0 saturated heterocycles. The largest absolute Gasteiger partial charge is 0.469 e. The zero-order valence-corrected chi connectivity index (χ0v) is 12.0. The minimum Gasteiger partial charge on any atom is -0.469 e. The van der Waals surface area contributed by atoms with Gasteiger partial charge >= 0.3 is 5.97 Å². The van der Waals surface area contributed by atoms with Crippen LogP contribution in [0.5, 0.6) is 0 Å². The summed E-state index contributed by atoms with van der Waals surface area (Å²) in [6.07, 6.45) is 3.94.